The molecule has 2 nitrogen and oxygen atoms in total. The molecule has 1 aliphatic carbocycles. The Bertz CT molecular complexity index is 427. The van der Waals surface area contributed by atoms with Gasteiger partial charge >= 0.3 is 0 Å². The van der Waals surface area contributed by atoms with Crippen LogP contribution < -0.4 is 10.5 Å². The van der Waals surface area contributed by atoms with Gasteiger partial charge in [0, 0.05) is 6.04 Å². The van der Waals surface area contributed by atoms with E-state index < -0.39 is 0 Å². The van der Waals surface area contributed by atoms with Crippen LogP contribution >= 0.6 is 11.6 Å². The lowest BCUT2D eigenvalue weighted by atomic mass is 9.89. The van der Waals surface area contributed by atoms with Gasteiger partial charge in [-0.15, -0.1) is 0 Å². The van der Waals surface area contributed by atoms with Gasteiger partial charge < -0.3 is 10.5 Å². The van der Waals surface area contributed by atoms with E-state index in [2.05, 4.69) is 19.9 Å². The van der Waals surface area contributed by atoms with Crippen LogP contribution in [0.3, 0.4) is 0 Å². The van der Waals surface area contributed by atoms with Crippen LogP contribution in [0.4, 0.5) is 0 Å². The second kappa shape index (κ2) is 7.33. The summed E-state index contributed by atoms with van der Waals surface area (Å²) in [4.78, 5) is 0. The number of hydrogen-bond acceptors (Lipinski definition) is 2. The topological polar surface area (TPSA) is 35.2 Å². The van der Waals surface area contributed by atoms with Crippen LogP contribution in [0.25, 0.3) is 0 Å². The molecule has 1 aromatic rings. The van der Waals surface area contributed by atoms with Crippen molar-refractivity contribution in [3.63, 3.8) is 0 Å². The molecular formula is C17H26ClNO. The number of rotatable bonds is 5. The van der Waals surface area contributed by atoms with E-state index in [9.17, 15) is 0 Å². The standard InChI is InChI=1S/C17H26ClNO/c1-3-14(19)11-13-5-4-6-16(18)17(13)20-15-9-7-12(2)8-10-15/h4-6,12,14-15H,3,7-11,19H2,1-2H3. The summed E-state index contributed by atoms with van der Waals surface area (Å²) >= 11 is 6.34. The fourth-order valence-electron chi connectivity index (χ4n) is 2.79. The maximum absolute atomic E-state index is 6.34. The molecule has 2 N–H and O–H groups in total. The third-order valence-electron chi connectivity index (χ3n) is 4.30. The fraction of sp³-hybridized carbons (Fsp3) is 0.647. The molecule has 1 aromatic carbocycles. The number of hydrogen-bond donors (Lipinski definition) is 1. The highest BCUT2D eigenvalue weighted by Crippen LogP contribution is 2.34. The van der Waals surface area contributed by atoms with Crippen molar-refractivity contribution >= 4 is 11.6 Å². The summed E-state index contributed by atoms with van der Waals surface area (Å²) in [6.07, 6.45) is 6.86. The predicted octanol–water partition coefficient (Wildman–Crippen LogP) is 4.58. The van der Waals surface area contributed by atoms with E-state index in [1.807, 2.05) is 12.1 Å². The average Bonchev–Trinajstić information content (AvgIpc) is 2.44. The lowest BCUT2D eigenvalue weighted by Crippen LogP contribution is -2.25. The summed E-state index contributed by atoms with van der Waals surface area (Å²) in [5.74, 6) is 1.69. The van der Waals surface area contributed by atoms with Crippen LogP contribution in [-0.4, -0.2) is 12.1 Å². The second-order valence-corrected chi connectivity index (χ2v) is 6.51. The van der Waals surface area contributed by atoms with Crippen molar-refractivity contribution in [2.24, 2.45) is 11.7 Å². The van der Waals surface area contributed by atoms with Crippen molar-refractivity contribution in [2.75, 3.05) is 0 Å². The zero-order chi connectivity index (χ0) is 14.5. The van der Waals surface area contributed by atoms with E-state index in [0.29, 0.717) is 11.1 Å². The van der Waals surface area contributed by atoms with Crippen LogP contribution in [0.2, 0.25) is 5.02 Å². The number of nitrogens with two attached hydrogens (primary N) is 1. The minimum Gasteiger partial charge on any atom is -0.489 e. The Labute approximate surface area is 127 Å². The molecule has 1 saturated carbocycles. The third-order valence-corrected chi connectivity index (χ3v) is 4.60. The molecule has 1 unspecified atom stereocenters. The fourth-order valence-corrected chi connectivity index (χ4v) is 3.03. The maximum Gasteiger partial charge on any atom is 0.141 e. The molecule has 0 aromatic heterocycles. The van der Waals surface area contributed by atoms with Crippen molar-refractivity contribution in [1.82, 2.24) is 0 Å². The van der Waals surface area contributed by atoms with Gasteiger partial charge in [0.1, 0.15) is 5.75 Å². The molecule has 112 valence electrons. The Balaban J connectivity index is 2.09. The molecule has 0 aliphatic heterocycles. The average molecular weight is 296 g/mol. The summed E-state index contributed by atoms with van der Waals surface area (Å²) in [6.45, 7) is 4.43. The second-order valence-electron chi connectivity index (χ2n) is 6.10. The van der Waals surface area contributed by atoms with Crippen molar-refractivity contribution in [2.45, 2.75) is 64.5 Å². The molecule has 0 bridgehead atoms. The highest BCUT2D eigenvalue weighted by Gasteiger charge is 2.22. The van der Waals surface area contributed by atoms with Crippen LogP contribution in [-0.2, 0) is 6.42 Å². The molecular weight excluding hydrogens is 270 g/mol. The maximum atomic E-state index is 6.34. The van der Waals surface area contributed by atoms with Crippen LogP contribution in [0.5, 0.6) is 5.75 Å². The number of ether oxygens (including phenoxy) is 1. The molecule has 0 radical (unpaired) electrons. The van der Waals surface area contributed by atoms with Gasteiger partial charge in [0.05, 0.1) is 11.1 Å². The van der Waals surface area contributed by atoms with E-state index in [1.165, 1.54) is 12.8 Å². The summed E-state index contributed by atoms with van der Waals surface area (Å²) in [5, 5.41) is 0.712. The predicted molar refractivity (Wildman–Crippen MR) is 85.5 cm³/mol. The van der Waals surface area contributed by atoms with Crippen molar-refractivity contribution in [1.29, 1.82) is 0 Å². The molecule has 20 heavy (non-hydrogen) atoms. The monoisotopic (exact) mass is 295 g/mol. The quantitative estimate of drug-likeness (QED) is 0.863. The summed E-state index contributed by atoms with van der Waals surface area (Å²) in [7, 11) is 0. The molecule has 3 heteroatoms. The van der Waals surface area contributed by atoms with Gasteiger partial charge in [0.25, 0.3) is 0 Å². The van der Waals surface area contributed by atoms with Crippen molar-refractivity contribution in [3.05, 3.63) is 28.8 Å². The zero-order valence-corrected chi connectivity index (χ0v) is 13.3. The van der Waals surface area contributed by atoms with E-state index in [4.69, 9.17) is 22.1 Å². The highest BCUT2D eigenvalue weighted by molar-refractivity contribution is 6.32. The van der Waals surface area contributed by atoms with Gasteiger partial charge in [0.2, 0.25) is 0 Å². The van der Waals surface area contributed by atoms with E-state index in [-0.39, 0.29) is 6.04 Å². The minimum atomic E-state index is 0.169. The first-order chi connectivity index (χ1) is 9.60. The molecule has 0 heterocycles. The summed E-state index contributed by atoms with van der Waals surface area (Å²) < 4.78 is 6.22. The Morgan fingerprint density at radius 3 is 2.65 bits per heavy atom. The minimum absolute atomic E-state index is 0.169. The summed E-state index contributed by atoms with van der Waals surface area (Å²) in [6, 6.07) is 6.14. The molecule has 1 fully saturated rings. The lowest BCUT2D eigenvalue weighted by molar-refractivity contribution is 0.134. The van der Waals surface area contributed by atoms with Crippen LogP contribution in [0.15, 0.2) is 18.2 Å². The normalized spacial score (nSPS) is 24.4. The van der Waals surface area contributed by atoms with Crippen LogP contribution in [0.1, 0.15) is 51.5 Å². The van der Waals surface area contributed by atoms with E-state index in [0.717, 1.165) is 42.9 Å². The molecule has 1 atom stereocenters. The van der Waals surface area contributed by atoms with E-state index in [1.54, 1.807) is 0 Å². The van der Waals surface area contributed by atoms with Gasteiger partial charge in [0.15, 0.2) is 0 Å². The Morgan fingerprint density at radius 1 is 1.30 bits per heavy atom. The van der Waals surface area contributed by atoms with Crippen molar-refractivity contribution in [3.8, 4) is 5.75 Å². The lowest BCUT2D eigenvalue weighted by Gasteiger charge is -2.28. The summed E-state index contributed by atoms with van der Waals surface area (Å²) in [5.41, 5.74) is 7.22. The van der Waals surface area contributed by atoms with Crippen LogP contribution in [0, 0.1) is 5.92 Å². The first-order valence-corrected chi connectivity index (χ1v) is 8.17. The first-order valence-electron chi connectivity index (χ1n) is 7.79. The molecule has 0 amide bonds. The highest BCUT2D eigenvalue weighted by atomic mass is 35.5. The SMILES string of the molecule is CCC(N)Cc1cccc(Cl)c1OC1CCC(C)CC1. The largest absolute Gasteiger partial charge is 0.489 e. The Kier molecular flexibility index (Phi) is 5.74. The van der Waals surface area contributed by atoms with E-state index >= 15 is 0 Å². The molecule has 0 spiro atoms. The van der Waals surface area contributed by atoms with Gasteiger partial charge in [-0.05, 0) is 56.1 Å². The number of halogens is 1. The molecule has 2 rings (SSSR count). The third kappa shape index (κ3) is 4.13. The number of benzene rings is 1. The first kappa shape index (κ1) is 15.7. The van der Waals surface area contributed by atoms with Crippen molar-refractivity contribution < 1.29 is 4.74 Å². The Morgan fingerprint density at radius 2 is 2.00 bits per heavy atom. The Hall–Kier alpha value is -0.730. The number of para-hydroxylation sites is 1. The van der Waals surface area contributed by atoms with Gasteiger partial charge in [-0.3, -0.25) is 0 Å². The van der Waals surface area contributed by atoms with Gasteiger partial charge in [-0.1, -0.05) is 37.6 Å². The molecule has 0 saturated heterocycles. The smallest absolute Gasteiger partial charge is 0.141 e. The molecule has 1 aliphatic rings. The van der Waals surface area contributed by atoms with Gasteiger partial charge in [-0.25, -0.2) is 0 Å². The van der Waals surface area contributed by atoms with Gasteiger partial charge in [-0.2, -0.15) is 0 Å². The zero-order valence-electron chi connectivity index (χ0n) is 12.6.